The first-order valence-corrected chi connectivity index (χ1v) is 8.36. The van der Waals surface area contributed by atoms with Crippen LogP contribution in [-0.4, -0.2) is 31.1 Å². The van der Waals surface area contributed by atoms with Crippen molar-refractivity contribution in [3.05, 3.63) is 48.2 Å². The van der Waals surface area contributed by atoms with Gasteiger partial charge in [0.25, 0.3) is 5.91 Å². The van der Waals surface area contributed by atoms with E-state index in [0.29, 0.717) is 23.6 Å². The van der Waals surface area contributed by atoms with E-state index in [9.17, 15) is 4.79 Å². The number of hydrogen-bond acceptors (Lipinski definition) is 4. The first-order valence-electron chi connectivity index (χ1n) is 8.36. The van der Waals surface area contributed by atoms with Crippen molar-refractivity contribution in [1.29, 1.82) is 0 Å². The summed E-state index contributed by atoms with van der Waals surface area (Å²) in [7, 11) is 1.99. The molecule has 0 saturated carbocycles. The molecular formula is C19H25N3O2. The molecule has 5 heteroatoms. The number of rotatable bonds is 8. The molecule has 0 fully saturated rings. The molecule has 1 N–H and O–H groups in total. The maximum absolute atomic E-state index is 12.5. The van der Waals surface area contributed by atoms with Crippen molar-refractivity contribution < 1.29 is 9.53 Å². The number of ether oxygens (including phenoxy) is 1. The number of nitrogens with one attached hydrogen (secondary N) is 1. The predicted molar refractivity (Wildman–Crippen MR) is 98.0 cm³/mol. The Balaban J connectivity index is 2.13. The van der Waals surface area contributed by atoms with Crippen molar-refractivity contribution in [3.8, 4) is 5.75 Å². The Labute approximate surface area is 143 Å². The van der Waals surface area contributed by atoms with Crippen LogP contribution in [0, 0.1) is 0 Å². The summed E-state index contributed by atoms with van der Waals surface area (Å²) < 4.78 is 5.54. The van der Waals surface area contributed by atoms with Crippen LogP contribution in [0.3, 0.4) is 0 Å². The smallest absolute Gasteiger partial charge is 0.255 e. The topological polar surface area (TPSA) is 54.5 Å². The number of benzene rings is 1. The highest BCUT2D eigenvalue weighted by molar-refractivity contribution is 6.05. The van der Waals surface area contributed by atoms with Gasteiger partial charge in [0.2, 0.25) is 0 Å². The second-order valence-corrected chi connectivity index (χ2v) is 5.56. The van der Waals surface area contributed by atoms with Gasteiger partial charge in [-0.3, -0.25) is 4.79 Å². The van der Waals surface area contributed by atoms with Gasteiger partial charge in [0.05, 0.1) is 12.3 Å². The number of aromatic nitrogens is 1. The second kappa shape index (κ2) is 8.91. The van der Waals surface area contributed by atoms with Gasteiger partial charge in [-0.2, -0.15) is 0 Å². The lowest BCUT2D eigenvalue weighted by atomic mass is 10.2. The summed E-state index contributed by atoms with van der Waals surface area (Å²) >= 11 is 0. The number of para-hydroxylation sites is 2. The number of carbonyl (C=O) groups is 1. The molecule has 0 spiro atoms. The van der Waals surface area contributed by atoms with Gasteiger partial charge in [-0.1, -0.05) is 25.5 Å². The summed E-state index contributed by atoms with van der Waals surface area (Å²) in [5.74, 6) is 1.30. The second-order valence-electron chi connectivity index (χ2n) is 5.56. The normalized spacial score (nSPS) is 10.3. The Hall–Kier alpha value is -2.56. The van der Waals surface area contributed by atoms with E-state index in [2.05, 4.69) is 22.1 Å². The average molecular weight is 327 g/mol. The molecule has 0 radical (unpaired) electrons. The van der Waals surface area contributed by atoms with Crippen LogP contribution < -0.4 is 15.0 Å². The fourth-order valence-corrected chi connectivity index (χ4v) is 2.32. The first kappa shape index (κ1) is 17.8. The Morgan fingerprint density at radius 2 is 2.04 bits per heavy atom. The van der Waals surface area contributed by atoms with Gasteiger partial charge in [0.1, 0.15) is 11.6 Å². The van der Waals surface area contributed by atoms with E-state index < -0.39 is 0 Å². The van der Waals surface area contributed by atoms with E-state index in [1.807, 2.05) is 44.3 Å². The molecule has 0 aliphatic heterocycles. The van der Waals surface area contributed by atoms with Crippen LogP contribution in [0.5, 0.6) is 5.75 Å². The fraction of sp³-hybridized carbons (Fsp3) is 0.368. The zero-order valence-corrected chi connectivity index (χ0v) is 14.6. The number of amides is 1. The molecule has 128 valence electrons. The number of pyridine rings is 1. The van der Waals surface area contributed by atoms with Crippen molar-refractivity contribution in [1.82, 2.24) is 4.98 Å². The van der Waals surface area contributed by atoms with Gasteiger partial charge in [0, 0.05) is 25.4 Å². The highest BCUT2D eigenvalue weighted by Crippen LogP contribution is 2.24. The van der Waals surface area contributed by atoms with Gasteiger partial charge in [-0.05, 0) is 37.6 Å². The van der Waals surface area contributed by atoms with Gasteiger partial charge in [-0.15, -0.1) is 0 Å². The van der Waals surface area contributed by atoms with E-state index >= 15 is 0 Å². The quantitative estimate of drug-likeness (QED) is 0.797. The Morgan fingerprint density at radius 1 is 1.25 bits per heavy atom. The minimum absolute atomic E-state index is 0.172. The van der Waals surface area contributed by atoms with Gasteiger partial charge in [0.15, 0.2) is 0 Å². The van der Waals surface area contributed by atoms with Gasteiger partial charge < -0.3 is 15.0 Å². The zero-order valence-electron chi connectivity index (χ0n) is 14.6. The molecule has 0 aliphatic rings. The summed E-state index contributed by atoms with van der Waals surface area (Å²) in [4.78, 5) is 19.0. The van der Waals surface area contributed by atoms with Crippen LogP contribution >= 0.6 is 0 Å². The SMILES string of the molecule is CCCCN(C)c1cc(C(=O)Nc2ccccc2OCC)ccn1. The summed E-state index contributed by atoms with van der Waals surface area (Å²) in [6, 6.07) is 11.0. The highest BCUT2D eigenvalue weighted by atomic mass is 16.5. The third kappa shape index (κ3) is 4.72. The molecule has 5 nitrogen and oxygen atoms in total. The molecular weight excluding hydrogens is 302 g/mol. The van der Waals surface area contributed by atoms with E-state index in [0.717, 1.165) is 25.2 Å². The van der Waals surface area contributed by atoms with Crippen LogP contribution in [0.1, 0.15) is 37.0 Å². The molecule has 1 aromatic carbocycles. The van der Waals surface area contributed by atoms with Crippen LogP contribution in [0.4, 0.5) is 11.5 Å². The fourth-order valence-electron chi connectivity index (χ4n) is 2.32. The molecule has 0 bridgehead atoms. The van der Waals surface area contributed by atoms with Gasteiger partial charge in [-0.25, -0.2) is 4.98 Å². The Kier molecular flexibility index (Phi) is 6.61. The van der Waals surface area contributed by atoms with Crippen LogP contribution in [0.25, 0.3) is 0 Å². The molecule has 1 amide bonds. The van der Waals surface area contributed by atoms with Crippen molar-refractivity contribution in [2.45, 2.75) is 26.7 Å². The third-order valence-electron chi connectivity index (χ3n) is 3.68. The monoisotopic (exact) mass is 327 g/mol. The zero-order chi connectivity index (χ0) is 17.4. The highest BCUT2D eigenvalue weighted by Gasteiger charge is 2.12. The molecule has 0 unspecified atom stereocenters. The number of nitrogens with zero attached hydrogens (tertiary/aromatic N) is 2. The summed E-state index contributed by atoms with van der Waals surface area (Å²) in [6.07, 6.45) is 3.89. The number of hydrogen-bond donors (Lipinski definition) is 1. The predicted octanol–water partition coefficient (Wildman–Crippen LogP) is 3.97. The number of carbonyl (C=O) groups excluding carboxylic acids is 1. The van der Waals surface area contributed by atoms with Crippen molar-refractivity contribution in [3.63, 3.8) is 0 Å². The van der Waals surface area contributed by atoms with E-state index in [1.54, 1.807) is 12.3 Å². The lowest BCUT2D eigenvalue weighted by molar-refractivity contribution is 0.102. The van der Waals surface area contributed by atoms with Crippen LogP contribution in [0.2, 0.25) is 0 Å². The maximum atomic E-state index is 12.5. The van der Waals surface area contributed by atoms with Crippen molar-refractivity contribution in [2.75, 3.05) is 30.4 Å². The molecule has 2 aromatic rings. The number of anilines is 2. The molecule has 1 aromatic heterocycles. The Morgan fingerprint density at radius 3 is 2.79 bits per heavy atom. The Bertz CT molecular complexity index is 673. The standard InChI is InChI=1S/C19H25N3O2/c1-4-6-13-22(3)18-14-15(11-12-20-18)19(23)21-16-9-7-8-10-17(16)24-5-2/h7-12,14H,4-6,13H2,1-3H3,(H,21,23). The van der Waals surface area contributed by atoms with Crippen molar-refractivity contribution >= 4 is 17.4 Å². The minimum atomic E-state index is -0.172. The largest absolute Gasteiger partial charge is 0.492 e. The van der Waals surface area contributed by atoms with Crippen LogP contribution in [-0.2, 0) is 0 Å². The molecule has 0 atom stereocenters. The lowest BCUT2D eigenvalue weighted by Gasteiger charge is -2.18. The summed E-state index contributed by atoms with van der Waals surface area (Å²) in [6.45, 7) is 5.54. The molecule has 1 heterocycles. The average Bonchev–Trinajstić information content (AvgIpc) is 2.61. The van der Waals surface area contributed by atoms with E-state index in [1.165, 1.54) is 0 Å². The molecule has 0 saturated heterocycles. The minimum Gasteiger partial charge on any atom is -0.492 e. The van der Waals surface area contributed by atoms with Crippen LogP contribution in [0.15, 0.2) is 42.6 Å². The van der Waals surface area contributed by atoms with Crippen molar-refractivity contribution in [2.24, 2.45) is 0 Å². The van der Waals surface area contributed by atoms with E-state index in [-0.39, 0.29) is 5.91 Å². The summed E-state index contributed by atoms with van der Waals surface area (Å²) in [5.41, 5.74) is 1.25. The lowest BCUT2D eigenvalue weighted by Crippen LogP contribution is -2.20. The molecule has 0 aliphatic carbocycles. The molecule has 2 rings (SSSR count). The summed E-state index contributed by atoms with van der Waals surface area (Å²) in [5, 5.41) is 2.91. The van der Waals surface area contributed by atoms with Gasteiger partial charge >= 0.3 is 0 Å². The first-order chi connectivity index (χ1) is 11.7. The molecule has 24 heavy (non-hydrogen) atoms. The van der Waals surface area contributed by atoms with E-state index in [4.69, 9.17) is 4.74 Å². The number of unbranched alkanes of at least 4 members (excludes halogenated alkanes) is 1. The third-order valence-corrected chi connectivity index (χ3v) is 3.68. The maximum Gasteiger partial charge on any atom is 0.255 e.